The molecule has 2 aliphatic heterocycles. The number of ether oxygens (including phenoxy) is 1. The molecule has 0 amide bonds. The van der Waals surface area contributed by atoms with Crippen LogP contribution in [0.15, 0.2) is 18.2 Å². The standard InChI is InChI=1S/C16H21N3O4/c1-23-16(20)14-10-12(5-6-15(14)19(21)22)18-9-8-17-7-3-2-4-13(17)11-18/h5-6,10,13H,2-4,7-9,11H2,1H3/t13-/m1/s1. The lowest BCUT2D eigenvalue weighted by Gasteiger charge is -2.45. The Hall–Kier alpha value is -2.15. The number of piperidine rings is 1. The largest absolute Gasteiger partial charge is 0.465 e. The summed E-state index contributed by atoms with van der Waals surface area (Å²) < 4.78 is 4.69. The SMILES string of the molecule is COC(=O)c1cc(N2CCN3CCCC[C@@H]3C2)ccc1[N+](=O)[O-]. The smallest absolute Gasteiger partial charge is 0.344 e. The third-order valence-corrected chi connectivity index (χ3v) is 4.78. The Kier molecular flexibility index (Phi) is 4.47. The summed E-state index contributed by atoms with van der Waals surface area (Å²) >= 11 is 0. The van der Waals surface area contributed by atoms with E-state index in [0.29, 0.717) is 6.04 Å². The third-order valence-electron chi connectivity index (χ3n) is 4.78. The molecular weight excluding hydrogens is 298 g/mol. The predicted molar refractivity (Wildman–Crippen MR) is 85.9 cm³/mol. The van der Waals surface area contributed by atoms with Crippen LogP contribution in [0.5, 0.6) is 0 Å². The second kappa shape index (κ2) is 6.54. The molecule has 1 atom stereocenters. The summed E-state index contributed by atoms with van der Waals surface area (Å²) in [6.45, 7) is 3.93. The van der Waals surface area contributed by atoms with E-state index in [4.69, 9.17) is 0 Å². The van der Waals surface area contributed by atoms with Crippen LogP contribution >= 0.6 is 0 Å². The van der Waals surface area contributed by atoms with Gasteiger partial charge < -0.3 is 9.64 Å². The van der Waals surface area contributed by atoms with Crippen LogP contribution in [0, 0.1) is 10.1 Å². The maximum absolute atomic E-state index is 11.8. The molecule has 2 heterocycles. The zero-order valence-electron chi connectivity index (χ0n) is 13.2. The molecule has 2 aliphatic rings. The van der Waals surface area contributed by atoms with E-state index >= 15 is 0 Å². The first-order chi connectivity index (χ1) is 11.1. The maximum atomic E-state index is 11.8. The molecular formula is C16H21N3O4. The topological polar surface area (TPSA) is 75.9 Å². The molecule has 2 fully saturated rings. The minimum absolute atomic E-state index is 0.0149. The van der Waals surface area contributed by atoms with E-state index in [2.05, 4.69) is 14.5 Å². The van der Waals surface area contributed by atoms with Crippen molar-refractivity contribution in [2.75, 3.05) is 38.2 Å². The Morgan fingerprint density at radius 2 is 2.13 bits per heavy atom. The molecule has 124 valence electrons. The van der Waals surface area contributed by atoms with E-state index < -0.39 is 10.9 Å². The summed E-state index contributed by atoms with van der Waals surface area (Å²) in [5, 5.41) is 11.1. The van der Waals surface area contributed by atoms with Crippen molar-refractivity contribution >= 4 is 17.3 Å². The molecule has 7 heteroatoms. The van der Waals surface area contributed by atoms with Gasteiger partial charge in [0, 0.05) is 37.4 Å². The van der Waals surface area contributed by atoms with Gasteiger partial charge >= 0.3 is 5.97 Å². The summed E-state index contributed by atoms with van der Waals surface area (Å²) in [6.07, 6.45) is 3.70. The average Bonchev–Trinajstić information content (AvgIpc) is 2.60. The van der Waals surface area contributed by atoms with Gasteiger partial charge in [0.2, 0.25) is 0 Å². The van der Waals surface area contributed by atoms with Gasteiger partial charge in [-0.1, -0.05) is 6.42 Å². The highest BCUT2D eigenvalue weighted by Crippen LogP contribution is 2.29. The fourth-order valence-corrected chi connectivity index (χ4v) is 3.54. The molecule has 0 unspecified atom stereocenters. The number of nitro benzene ring substituents is 1. The number of methoxy groups -OCH3 is 1. The van der Waals surface area contributed by atoms with Crippen molar-refractivity contribution in [2.24, 2.45) is 0 Å². The van der Waals surface area contributed by atoms with E-state index in [9.17, 15) is 14.9 Å². The second-order valence-corrected chi connectivity index (χ2v) is 6.08. The summed E-state index contributed by atoms with van der Waals surface area (Å²) in [4.78, 5) is 27.1. The van der Waals surface area contributed by atoms with E-state index in [0.717, 1.165) is 31.9 Å². The number of hydrogen-bond acceptors (Lipinski definition) is 6. The van der Waals surface area contributed by atoms with Crippen LogP contribution in [0.25, 0.3) is 0 Å². The fourth-order valence-electron chi connectivity index (χ4n) is 3.54. The van der Waals surface area contributed by atoms with Crippen LogP contribution < -0.4 is 4.90 Å². The lowest BCUT2D eigenvalue weighted by Crippen LogP contribution is -2.54. The van der Waals surface area contributed by atoms with Crippen LogP contribution in [0.3, 0.4) is 0 Å². The normalized spacial score (nSPS) is 21.6. The highest BCUT2D eigenvalue weighted by atomic mass is 16.6. The molecule has 0 spiro atoms. The van der Waals surface area contributed by atoms with Crippen molar-refractivity contribution in [3.8, 4) is 0 Å². The van der Waals surface area contributed by atoms with Gasteiger partial charge in [-0.05, 0) is 31.5 Å². The number of carbonyl (C=O) groups is 1. The van der Waals surface area contributed by atoms with Crippen molar-refractivity contribution in [1.29, 1.82) is 0 Å². The van der Waals surface area contributed by atoms with E-state index in [1.54, 1.807) is 12.1 Å². The van der Waals surface area contributed by atoms with Gasteiger partial charge in [-0.25, -0.2) is 4.79 Å². The monoisotopic (exact) mass is 319 g/mol. The molecule has 7 nitrogen and oxygen atoms in total. The molecule has 3 rings (SSSR count). The molecule has 0 N–H and O–H groups in total. The summed E-state index contributed by atoms with van der Waals surface area (Å²) in [5.74, 6) is -0.671. The number of carbonyl (C=O) groups excluding carboxylic acids is 1. The van der Waals surface area contributed by atoms with Crippen LogP contribution in [-0.2, 0) is 4.74 Å². The zero-order chi connectivity index (χ0) is 16.4. The predicted octanol–water partition coefficient (Wildman–Crippen LogP) is 2.06. The minimum Gasteiger partial charge on any atom is -0.465 e. The number of rotatable bonds is 3. The molecule has 23 heavy (non-hydrogen) atoms. The highest BCUT2D eigenvalue weighted by molar-refractivity contribution is 5.95. The number of benzene rings is 1. The number of nitro groups is 1. The average molecular weight is 319 g/mol. The van der Waals surface area contributed by atoms with Gasteiger partial charge in [-0.3, -0.25) is 15.0 Å². The molecule has 0 aromatic heterocycles. The van der Waals surface area contributed by atoms with Crippen LogP contribution in [0.4, 0.5) is 11.4 Å². The van der Waals surface area contributed by atoms with E-state index in [1.165, 1.54) is 32.4 Å². The Balaban J connectivity index is 1.85. The van der Waals surface area contributed by atoms with E-state index in [1.807, 2.05) is 0 Å². The molecule has 1 aromatic rings. The number of fused-ring (bicyclic) bond motifs is 1. The van der Waals surface area contributed by atoms with Crippen molar-refractivity contribution in [3.63, 3.8) is 0 Å². The van der Waals surface area contributed by atoms with Crippen LogP contribution in [0.1, 0.15) is 29.6 Å². The number of esters is 1. The quantitative estimate of drug-likeness (QED) is 0.482. The fraction of sp³-hybridized carbons (Fsp3) is 0.562. The molecule has 0 saturated carbocycles. The Morgan fingerprint density at radius 3 is 2.87 bits per heavy atom. The van der Waals surface area contributed by atoms with Gasteiger partial charge in [-0.2, -0.15) is 0 Å². The summed E-state index contributed by atoms with van der Waals surface area (Å²) in [6, 6.07) is 5.25. The van der Waals surface area contributed by atoms with Crippen LogP contribution in [-0.4, -0.2) is 55.1 Å². The number of hydrogen-bond donors (Lipinski definition) is 0. The summed E-state index contributed by atoms with van der Waals surface area (Å²) in [5.41, 5.74) is 0.652. The Bertz CT molecular complexity index is 619. The number of anilines is 1. The molecule has 0 radical (unpaired) electrons. The number of nitrogens with zero attached hydrogens (tertiary/aromatic N) is 3. The van der Waals surface area contributed by atoms with Gasteiger partial charge in [0.15, 0.2) is 0 Å². The molecule has 2 saturated heterocycles. The third kappa shape index (κ3) is 3.14. The van der Waals surface area contributed by atoms with E-state index in [-0.39, 0.29) is 11.3 Å². The van der Waals surface area contributed by atoms with Crippen molar-refractivity contribution in [2.45, 2.75) is 25.3 Å². The van der Waals surface area contributed by atoms with Gasteiger partial charge in [0.1, 0.15) is 5.56 Å². The van der Waals surface area contributed by atoms with Gasteiger partial charge in [0.05, 0.1) is 12.0 Å². The van der Waals surface area contributed by atoms with Crippen LogP contribution in [0.2, 0.25) is 0 Å². The molecule has 0 bridgehead atoms. The zero-order valence-corrected chi connectivity index (χ0v) is 13.2. The second-order valence-electron chi connectivity index (χ2n) is 6.08. The molecule has 1 aromatic carbocycles. The first-order valence-electron chi connectivity index (χ1n) is 7.96. The van der Waals surface area contributed by atoms with Crippen molar-refractivity contribution in [3.05, 3.63) is 33.9 Å². The highest BCUT2D eigenvalue weighted by Gasteiger charge is 2.30. The van der Waals surface area contributed by atoms with Gasteiger partial charge in [0.25, 0.3) is 5.69 Å². The summed E-state index contributed by atoms with van der Waals surface area (Å²) in [7, 11) is 1.24. The number of piperazine rings is 1. The Labute approximate surface area is 135 Å². The van der Waals surface area contributed by atoms with Crippen molar-refractivity contribution in [1.82, 2.24) is 4.90 Å². The maximum Gasteiger partial charge on any atom is 0.344 e. The first kappa shape index (κ1) is 15.7. The molecule has 0 aliphatic carbocycles. The van der Waals surface area contributed by atoms with Gasteiger partial charge in [-0.15, -0.1) is 0 Å². The lowest BCUT2D eigenvalue weighted by atomic mass is 9.99. The first-order valence-corrected chi connectivity index (χ1v) is 7.96. The van der Waals surface area contributed by atoms with Crippen molar-refractivity contribution < 1.29 is 14.5 Å². The Morgan fingerprint density at radius 1 is 1.30 bits per heavy atom. The minimum atomic E-state index is -0.671. The lowest BCUT2D eigenvalue weighted by molar-refractivity contribution is -0.385.